The summed E-state index contributed by atoms with van der Waals surface area (Å²) < 4.78 is 6.13. The van der Waals surface area contributed by atoms with Crippen molar-refractivity contribution in [3.63, 3.8) is 0 Å². The largest absolute Gasteiger partial charge is 1.00 e. The fourth-order valence-electron chi connectivity index (χ4n) is 1.50. The highest BCUT2D eigenvalue weighted by Crippen LogP contribution is 2.18. The molecule has 0 aromatic heterocycles. The molecule has 0 aliphatic heterocycles. The Balaban J connectivity index is 0.00000361. The SMILES string of the molecule is C[N+](C)(C)CCOC(=O)c1cc(CBr)ccc1CBr.[I-]. The Hall–Kier alpha value is 0.340. The van der Waals surface area contributed by atoms with Crippen molar-refractivity contribution in [1.29, 1.82) is 0 Å². The molecule has 1 aromatic rings. The van der Waals surface area contributed by atoms with Crippen molar-refractivity contribution in [3.05, 3.63) is 34.9 Å². The fourth-order valence-corrected chi connectivity index (χ4v) is 2.34. The quantitative estimate of drug-likeness (QED) is 0.234. The van der Waals surface area contributed by atoms with Crippen LogP contribution < -0.4 is 24.0 Å². The summed E-state index contributed by atoms with van der Waals surface area (Å²) in [5.74, 6) is -0.245. The molecule has 0 unspecified atom stereocenters. The molecule has 0 saturated heterocycles. The lowest BCUT2D eigenvalue weighted by atomic mass is 10.1. The Morgan fingerprint density at radius 2 is 1.85 bits per heavy atom. The second kappa shape index (κ2) is 9.38. The summed E-state index contributed by atoms with van der Waals surface area (Å²) in [7, 11) is 6.22. The average molecular weight is 521 g/mol. The van der Waals surface area contributed by atoms with Crippen molar-refractivity contribution in [2.75, 3.05) is 34.3 Å². The topological polar surface area (TPSA) is 26.3 Å². The maximum Gasteiger partial charge on any atom is 0.338 e. The molecule has 20 heavy (non-hydrogen) atoms. The summed E-state index contributed by atoms with van der Waals surface area (Å²) in [5, 5.41) is 1.38. The van der Waals surface area contributed by atoms with Crippen molar-refractivity contribution in [3.8, 4) is 0 Å². The van der Waals surface area contributed by atoms with E-state index in [-0.39, 0.29) is 29.9 Å². The molecule has 1 aromatic carbocycles. The normalized spacial score (nSPS) is 10.8. The molecule has 0 saturated carbocycles. The van der Waals surface area contributed by atoms with Crippen LogP contribution >= 0.6 is 31.9 Å². The molecule has 0 bridgehead atoms. The third-order valence-electron chi connectivity index (χ3n) is 2.69. The monoisotopic (exact) mass is 519 g/mol. The molecule has 0 fully saturated rings. The van der Waals surface area contributed by atoms with E-state index in [0.29, 0.717) is 17.5 Å². The van der Waals surface area contributed by atoms with Crippen molar-refractivity contribution in [2.45, 2.75) is 10.7 Å². The Labute approximate surface area is 154 Å². The molecule has 0 atom stereocenters. The van der Waals surface area contributed by atoms with E-state index in [1.807, 2.05) is 18.2 Å². The zero-order valence-electron chi connectivity index (χ0n) is 12.0. The molecule has 0 spiro atoms. The number of benzene rings is 1. The highest BCUT2D eigenvalue weighted by atomic mass is 127. The van der Waals surface area contributed by atoms with Crippen molar-refractivity contribution in [2.24, 2.45) is 0 Å². The Morgan fingerprint density at radius 1 is 1.20 bits per heavy atom. The van der Waals surface area contributed by atoms with Gasteiger partial charge >= 0.3 is 5.97 Å². The molecule has 0 amide bonds. The number of ether oxygens (including phenoxy) is 1. The van der Waals surface area contributed by atoms with Crippen LogP contribution in [0.2, 0.25) is 0 Å². The number of carbonyl (C=O) groups is 1. The molecule has 0 N–H and O–H groups in total. The van der Waals surface area contributed by atoms with Gasteiger partial charge in [-0.15, -0.1) is 0 Å². The lowest BCUT2D eigenvalue weighted by Crippen LogP contribution is -3.00. The predicted octanol–water partition coefficient (Wildman–Crippen LogP) is 0.343. The molecule has 0 aliphatic rings. The highest BCUT2D eigenvalue weighted by Gasteiger charge is 2.15. The number of alkyl halides is 2. The predicted molar refractivity (Wildman–Crippen MR) is 84.9 cm³/mol. The molecule has 0 radical (unpaired) electrons. The number of quaternary nitrogens is 1. The Bertz CT molecular complexity index is 447. The van der Waals surface area contributed by atoms with E-state index in [0.717, 1.165) is 27.5 Å². The summed E-state index contributed by atoms with van der Waals surface area (Å²) in [4.78, 5) is 12.1. The average Bonchev–Trinajstić information content (AvgIpc) is 2.36. The second-order valence-corrected chi connectivity index (χ2v) is 6.53. The number of halogens is 3. The van der Waals surface area contributed by atoms with Crippen LogP contribution in [0.1, 0.15) is 21.5 Å². The summed E-state index contributed by atoms with van der Waals surface area (Å²) in [6.07, 6.45) is 0. The molecular weight excluding hydrogens is 501 g/mol. The smallest absolute Gasteiger partial charge is 0.338 e. The third kappa shape index (κ3) is 6.87. The number of likely N-dealkylation sites (N-methyl/N-ethyl adjacent to an activating group) is 1. The molecular formula is C14H20Br2INO2. The van der Waals surface area contributed by atoms with E-state index in [1.54, 1.807) is 0 Å². The number of rotatable bonds is 6. The molecule has 1 rings (SSSR count). The highest BCUT2D eigenvalue weighted by molar-refractivity contribution is 9.08. The van der Waals surface area contributed by atoms with Crippen LogP contribution in [0.3, 0.4) is 0 Å². The first-order valence-electron chi connectivity index (χ1n) is 6.08. The molecule has 0 aliphatic carbocycles. The van der Waals surface area contributed by atoms with E-state index in [1.165, 1.54) is 0 Å². The zero-order valence-corrected chi connectivity index (χ0v) is 17.3. The van der Waals surface area contributed by atoms with Crippen molar-refractivity contribution in [1.82, 2.24) is 0 Å². The van der Waals surface area contributed by atoms with E-state index in [4.69, 9.17) is 4.74 Å². The van der Waals surface area contributed by atoms with Crippen LogP contribution in [0.4, 0.5) is 0 Å². The summed E-state index contributed by atoms with van der Waals surface area (Å²) >= 11 is 6.80. The summed E-state index contributed by atoms with van der Waals surface area (Å²) in [6, 6.07) is 5.86. The van der Waals surface area contributed by atoms with Gasteiger partial charge in [0.15, 0.2) is 0 Å². The number of nitrogens with zero attached hydrogens (tertiary/aromatic N) is 1. The van der Waals surface area contributed by atoms with Gasteiger partial charge in [0.1, 0.15) is 13.2 Å². The van der Waals surface area contributed by atoms with Gasteiger partial charge in [-0.3, -0.25) is 0 Å². The number of carbonyl (C=O) groups excluding carboxylic acids is 1. The maximum atomic E-state index is 12.1. The molecule has 0 heterocycles. The van der Waals surface area contributed by atoms with Crippen LogP contribution in [-0.2, 0) is 15.4 Å². The van der Waals surface area contributed by atoms with E-state index >= 15 is 0 Å². The van der Waals surface area contributed by atoms with Crippen LogP contribution in [0.25, 0.3) is 0 Å². The van der Waals surface area contributed by atoms with Crippen LogP contribution in [0, 0.1) is 0 Å². The van der Waals surface area contributed by atoms with Crippen LogP contribution in [0.15, 0.2) is 18.2 Å². The van der Waals surface area contributed by atoms with Crippen molar-refractivity contribution < 1.29 is 38.0 Å². The standard InChI is InChI=1S/C14H20Br2NO2.HI/c1-17(2,3)6-7-19-14(18)13-8-11(9-15)4-5-12(13)10-16;/h4-5,8H,6-7,9-10H2,1-3H3;1H/q+1;/p-1. The second-order valence-electron chi connectivity index (χ2n) is 5.41. The van der Waals surface area contributed by atoms with E-state index in [2.05, 4.69) is 53.0 Å². The molecule has 114 valence electrons. The van der Waals surface area contributed by atoms with Gasteiger partial charge in [-0.1, -0.05) is 44.0 Å². The maximum absolute atomic E-state index is 12.1. The first kappa shape index (κ1) is 20.3. The van der Waals surface area contributed by atoms with Crippen LogP contribution in [0.5, 0.6) is 0 Å². The lowest BCUT2D eigenvalue weighted by Gasteiger charge is -2.23. The van der Waals surface area contributed by atoms with Gasteiger partial charge in [0.25, 0.3) is 0 Å². The summed E-state index contributed by atoms with van der Waals surface area (Å²) in [6.45, 7) is 1.23. The van der Waals surface area contributed by atoms with Gasteiger partial charge in [-0.2, -0.15) is 0 Å². The van der Waals surface area contributed by atoms with Crippen molar-refractivity contribution >= 4 is 37.8 Å². The minimum absolute atomic E-state index is 0. The lowest BCUT2D eigenvalue weighted by molar-refractivity contribution is -0.870. The van der Waals surface area contributed by atoms with Gasteiger partial charge in [0.2, 0.25) is 0 Å². The third-order valence-corrected chi connectivity index (χ3v) is 3.94. The van der Waals surface area contributed by atoms with Gasteiger partial charge in [-0.05, 0) is 17.2 Å². The first-order valence-corrected chi connectivity index (χ1v) is 8.33. The number of hydrogen-bond donors (Lipinski definition) is 0. The fraction of sp³-hybridized carbons (Fsp3) is 0.500. The first-order chi connectivity index (χ1) is 8.87. The van der Waals surface area contributed by atoms with E-state index < -0.39 is 0 Å². The van der Waals surface area contributed by atoms with Gasteiger partial charge in [0.05, 0.1) is 26.7 Å². The Morgan fingerprint density at radius 3 is 2.35 bits per heavy atom. The van der Waals surface area contributed by atoms with Gasteiger partial charge in [0, 0.05) is 10.7 Å². The number of hydrogen-bond acceptors (Lipinski definition) is 2. The summed E-state index contributed by atoms with van der Waals surface area (Å²) in [5.41, 5.74) is 2.68. The van der Waals surface area contributed by atoms with E-state index in [9.17, 15) is 4.79 Å². The Kier molecular flexibility index (Phi) is 9.54. The molecule has 3 nitrogen and oxygen atoms in total. The number of esters is 1. The minimum Gasteiger partial charge on any atom is -1.00 e. The van der Waals surface area contributed by atoms with Crippen LogP contribution in [-0.4, -0.2) is 44.7 Å². The van der Waals surface area contributed by atoms with Gasteiger partial charge < -0.3 is 33.2 Å². The molecule has 6 heteroatoms. The zero-order chi connectivity index (χ0) is 14.5. The van der Waals surface area contributed by atoms with Gasteiger partial charge in [-0.25, -0.2) is 4.79 Å². The minimum atomic E-state index is -0.245.